The lowest BCUT2D eigenvalue weighted by molar-refractivity contribution is 0.0523. The fourth-order valence-corrected chi connectivity index (χ4v) is 2.44. The molecule has 0 radical (unpaired) electrons. The highest BCUT2D eigenvalue weighted by molar-refractivity contribution is 5.97. The fourth-order valence-electron chi connectivity index (χ4n) is 2.44. The highest BCUT2D eigenvalue weighted by Gasteiger charge is 2.17. The second kappa shape index (κ2) is 6.32. The van der Waals surface area contributed by atoms with E-state index in [1.165, 1.54) is 0 Å². The third-order valence-corrected chi connectivity index (χ3v) is 3.37. The third-order valence-electron chi connectivity index (χ3n) is 3.37. The minimum Gasteiger partial charge on any atom is -0.477 e. The summed E-state index contributed by atoms with van der Waals surface area (Å²) in [6.45, 7) is 7.65. The Labute approximate surface area is 134 Å². The number of carbonyl (C=O) groups is 2. The normalized spacial score (nSPS) is 11.5. The zero-order valence-corrected chi connectivity index (χ0v) is 13.8. The molecule has 1 aromatic carbocycles. The number of aromatic nitrogens is 1. The largest absolute Gasteiger partial charge is 0.477 e. The van der Waals surface area contributed by atoms with E-state index in [1.54, 1.807) is 20.8 Å². The number of alkyl carbamates (subject to hydrolysis) is 1. The molecule has 0 aliphatic carbocycles. The van der Waals surface area contributed by atoms with Gasteiger partial charge >= 0.3 is 12.1 Å². The van der Waals surface area contributed by atoms with Crippen molar-refractivity contribution in [3.8, 4) is 0 Å². The van der Waals surface area contributed by atoms with Gasteiger partial charge in [-0.15, -0.1) is 0 Å². The van der Waals surface area contributed by atoms with Crippen molar-refractivity contribution >= 4 is 23.0 Å². The number of fused-ring (bicyclic) bond motifs is 1. The number of ether oxygens (including phenoxy) is 1. The Morgan fingerprint density at radius 2 is 2.00 bits per heavy atom. The number of nitrogens with one attached hydrogen (secondary N) is 2. The number of aromatic carboxylic acids is 1. The number of hydrogen-bond acceptors (Lipinski definition) is 3. The number of aromatic amines is 1. The number of benzene rings is 1. The Kier molecular flexibility index (Phi) is 4.63. The first-order valence-electron chi connectivity index (χ1n) is 7.55. The molecule has 3 N–H and O–H groups in total. The number of carboxylic acids is 1. The van der Waals surface area contributed by atoms with Crippen LogP contribution < -0.4 is 5.32 Å². The Balaban J connectivity index is 2.20. The van der Waals surface area contributed by atoms with Crippen molar-refractivity contribution in [2.24, 2.45) is 0 Å². The molecular weight excluding hydrogens is 296 g/mol. The maximum Gasteiger partial charge on any atom is 0.407 e. The van der Waals surface area contributed by atoms with E-state index in [-0.39, 0.29) is 5.69 Å². The van der Waals surface area contributed by atoms with Gasteiger partial charge in [0.1, 0.15) is 11.3 Å². The summed E-state index contributed by atoms with van der Waals surface area (Å²) in [6, 6.07) is 5.57. The van der Waals surface area contributed by atoms with Crippen molar-refractivity contribution in [3.05, 3.63) is 35.0 Å². The second-order valence-electron chi connectivity index (χ2n) is 6.37. The molecule has 1 heterocycles. The summed E-state index contributed by atoms with van der Waals surface area (Å²) >= 11 is 0. The molecule has 6 nitrogen and oxygen atoms in total. The van der Waals surface area contributed by atoms with Gasteiger partial charge < -0.3 is 20.1 Å². The van der Waals surface area contributed by atoms with E-state index in [0.29, 0.717) is 13.0 Å². The molecule has 23 heavy (non-hydrogen) atoms. The molecule has 0 fully saturated rings. The monoisotopic (exact) mass is 318 g/mol. The van der Waals surface area contributed by atoms with Crippen LogP contribution in [0.4, 0.5) is 4.79 Å². The number of H-pyrrole nitrogens is 1. The van der Waals surface area contributed by atoms with E-state index >= 15 is 0 Å². The van der Waals surface area contributed by atoms with Crippen LogP contribution in [-0.2, 0) is 17.7 Å². The van der Waals surface area contributed by atoms with Crippen LogP contribution in [0.2, 0.25) is 0 Å². The zero-order valence-electron chi connectivity index (χ0n) is 13.8. The first kappa shape index (κ1) is 16.9. The van der Waals surface area contributed by atoms with Gasteiger partial charge in [-0.2, -0.15) is 0 Å². The fraction of sp³-hybridized carbons (Fsp3) is 0.412. The number of carbonyl (C=O) groups excluding carboxylic acids is 1. The Morgan fingerprint density at radius 3 is 2.57 bits per heavy atom. The van der Waals surface area contributed by atoms with Gasteiger partial charge in [0.25, 0.3) is 0 Å². The van der Waals surface area contributed by atoms with Crippen molar-refractivity contribution < 1.29 is 19.4 Å². The van der Waals surface area contributed by atoms with Crippen LogP contribution in [0.25, 0.3) is 10.9 Å². The maximum absolute atomic E-state index is 11.7. The van der Waals surface area contributed by atoms with Crippen LogP contribution in [0.5, 0.6) is 0 Å². The van der Waals surface area contributed by atoms with Crippen LogP contribution in [0.15, 0.2) is 18.2 Å². The predicted molar refractivity (Wildman–Crippen MR) is 87.7 cm³/mol. The van der Waals surface area contributed by atoms with E-state index in [9.17, 15) is 14.7 Å². The molecule has 0 spiro atoms. The lowest BCUT2D eigenvalue weighted by Crippen LogP contribution is -2.32. The van der Waals surface area contributed by atoms with Gasteiger partial charge in [-0.3, -0.25) is 0 Å². The van der Waals surface area contributed by atoms with Crippen molar-refractivity contribution in [3.63, 3.8) is 0 Å². The molecular formula is C17H22N2O4. The lowest BCUT2D eigenvalue weighted by atomic mass is 10.1. The molecule has 124 valence electrons. The van der Waals surface area contributed by atoms with E-state index < -0.39 is 17.7 Å². The Hall–Kier alpha value is -2.50. The molecule has 0 atom stereocenters. The molecule has 0 saturated carbocycles. The van der Waals surface area contributed by atoms with E-state index in [1.807, 2.05) is 25.1 Å². The summed E-state index contributed by atoms with van der Waals surface area (Å²) in [7, 11) is 0. The summed E-state index contributed by atoms with van der Waals surface area (Å²) in [5, 5.41) is 12.8. The van der Waals surface area contributed by atoms with Gasteiger partial charge in [0.2, 0.25) is 0 Å². The molecule has 2 aromatic rings. The van der Waals surface area contributed by atoms with Crippen LogP contribution >= 0.6 is 0 Å². The number of rotatable bonds is 4. The quantitative estimate of drug-likeness (QED) is 0.805. The van der Waals surface area contributed by atoms with Crippen molar-refractivity contribution in [1.29, 1.82) is 0 Å². The summed E-state index contributed by atoms with van der Waals surface area (Å²) in [6.07, 6.45) is 0.138. The standard InChI is InChI=1S/C17H22N2O4/c1-5-11-12-8-10(9-18-16(22)23-17(2,3)4)6-7-13(12)19-14(11)15(20)21/h6-8,19H,5,9H2,1-4H3,(H,18,22)(H,20,21). The van der Waals surface area contributed by atoms with Crippen LogP contribution in [0.1, 0.15) is 49.3 Å². The molecule has 0 aliphatic heterocycles. The topological polar surface area (TPSA) is 91.4 Å². The molecule has 1 amide bonds. The zero-order chi connectivity index (χ0) is 17.2. The minimum absolute atomic E-state index is 0.222. The number of carboxylic acid groups (broad SMARTS) is 1. The number of amides is 1. The second-order valence-corrected chi connectivity index (χ2v) is 6.37. The van der Waals surface area contributed by atoms with Crippen molar-refractivity contribution in [2.75, 3.05) is 0 Å². The predicted octanol–water partition coefficient (Wildman–Crippen LogP) is 3.45. The SMILES string of the molecule is CCc1c(C(=O)O)[nH]c2ccc(CNC(=O)OC(C)(C)C)cc12. The van der Waals surface area contributed by atoms with Crippen LogP contribution in [0, 0.1) is 0 Å². The van der Waals surface area contributed by atoms with Gasteiger partial charge in [-0.25, -0.2) is 9.59 Å². The smallest absolute Gasteiger partial charge is 0.407 e. The number of aryl methyl sites for hydroxylation is 1. The van der Waals surface area contributed by atoms with Gasteiger partial charge in [0, 0.05) is 17.4 Å². The number of hydrogen-bond donors (Lipinski definition) is 3. The highest BCUT2D eigenvalue weighted by Crippen LogP contribution is 2.24. The first-order chi connectivity index (χ1) is 10.7. The highest BCUT2D eigenvalue weighted by atomic mass is 16.6. The Bertz CT molecular complexity index is 741. The first-order valence-corrected chi connectivity index (χ1v) is 7.55. The summed E-state index contributed by atoms with van der Waals surface area (Å²) in [4.78, 5) is 25.9. The third kappa shape index (κ3) is 4.03. The summed E-state index contributed by atoms with van der Waals surface area (Å²) in [5.41, 5.74) is 2.11. The van der Waals surface area contributed by atoms with E-state index in [2.05, 4.69) is 10.3 Å². The molecule has 0 bridgehead atoms. The molecule has 0 unspecified atom stereocenters. The van der Waals surface area contributed by atoms with E-state index in [0.717, 1.165) is 22.0 Å². The average Bonchev–Trinajstić information content (AvgIpc) is 2.81. The van der Waals surface area contributed by atoms with Gasteiger partial charge in [-0.05, 0) is 50.5 Å². The molecule has 0 saturated heterocycles. The summed E-state index contributed by atoms with van der Waals surface area (Å²) < 4.78 is 5.19. The molecule has 1 aromatic heterocycles. The summed E-state index contributed by atoms with van der Waals surface area (Å²) in [5.74, 6) is -0.966. The molecule has 0 aliphatic rings. The maximum atomic E-state index is 11.7. The van der Waals surface area contributed by atoms with Gasteiger partial charge in [0.15, 0.2) is 0 Å². The van der Waals surface area contributed by atoms with Crippen LogP contribution in [0.3, 0.4) is 0 Å². The minimum atomic E-state index is -0.966. The average molecular weight is 318 g/mol. The lowest BCUT2D eigenvalue weighted by Gasteiger charge is -2.19. The van der Waals surface area contributed by atoms with Crippen molar-refractivity contribution in [2.45, 2.75) is 46.3 Å². The van der Waals surface area contributed by atoms with E-state index in [4.69, 9.17) is 4.74 Å². The Morgan fingerprint density at radius 1 is 1.30 bits per heavy atom. The van der Waals surface area contributed by atoms with Crippen molar-refractivity contribution in [1.82, 2.24) is 10.3 Å². The molecule has 6 heteroatoms. The van der Waals surface area contributed by atoms with Gasteiger partial charge in [0.05, 0.1) is 0 Å². The molecule has 2 rings (SSSR count). The van der Waals surface area contributed by atoms with Gasteiger partial charge in [-0.1, -0.05) is 13.0 Å². The van der Waals surface area contributed by atoms with Crippen LogP contribution in [-0.4, -0.2) is 27.8 Å².